The average Bonchev–Trinajstić information content (AvgIpc) is 2.87. The van der Waals surface area contributed by atoms with E-state index in [0.29, 0.717) is 0 Å². The monoisotopic (exact) mass is 417 g/mol. The van der Waals surface area contributed by atoms with Gasteiger partial charge in [0.25, 0.3) is 0 Å². The minimum Gasteiger partial charge on any atom is -0.311 e. The molecule has 0 N–H and O–H groups in total. The van der Waals surface area contributed by atoms with Crippen LogP contribution in [0, 0.1) is 6.92 Å². The number of aryl methyl sites for hydroxylation is 1. The first-order valence-corrected chi connectivity index (χ1v) is 11.8. The van der Waals surface area contributed by atoms with Crippen LogP contribution in [0.2, 0.25) is 0 Å². The Morgan fingerprint density at radius 1 is 0.500 bits per heavy atom. The molecule has 4 aromatic carbocycles. The highest BCUT2D eigenvalue weighted by Gasteiger charge is 2.35. The lowest BCUT2D eigenvalue weighted by molar-refractivity contribution is 0.346. The maximum Gasteiger partial charge on any atom is 0.0461 e. The largest absolute Gasteiger partial charge is 0.311 e. The predicted molar refractivity (Wildman–Crippen MR) is 136 cm³/mol. The van der Waals surface area contributed by atoms with Crippen LogP contribution in [0.4, 0.5) is 17.1 Å². The molecule has 0 aliphatic heterocycles. The molecule has 0 atom stereocenters. The third-order valence-electron chi connectivity index (χ3n) is 7.02. The van der Waals surface area contributed by atoms with E-state index in [-0.39, 0.29) is 5.41 Å². The molecule has 1 saturated carbocycles. The first kappa shape index (κ1) is 20.6. The Kier molecular flexibility index (Phi) is 5.81. The molecule has 1 aliphatic rings. The Morgan fingerprint density at radius 3 is 1.44 bits per heavy atom. The van der Waals surface area contributed by atoms with E-state index in [9.17, 15) is 0 Å². The van der Waals surface area contributed by atoms with E-state index in [1.807, 2.05) is 0 Å². The predicted octanol–water partition coefficient (Wildman–Crippen LogP) is 8.72. The third-order valence-corrected chi connectivity index (χ3v) is 7.02. The van der Waals surface area contributed by atoms with E-state index < -0.39 is 0 Å². The Labute approximate surface area is 192 Å². The average molecular weight is 418 g/mol. The van der Waals surface area contributed by atoms with Gasteiger partial charge in [0.05, 0.1) is 0 Å². The summed E-state index contributed by atoms with van der Waals surface area (Å²) in [4.78, 5) is 2.34. The van der Waals surface area contributed by atoms with Gasteiger partial charge in [-0.15, -0.1) is 0 Å². The van der Waals surface area contributed by atoms with Crippen LogP contribution in [-0.4, -0.2) is 0 Å². The Hall–Kier alpha value is -3.32. The van der Waals surface area contributed by atoms with Crippen molar-refractivity contribution in [1.29, 1.82) is 0 Å². The zero-order valence-electron chi connectivity index (χ0n) is 18.9. The SMILES string of the molecule is Cc1ccc(C2(c3ccc(N(c4ccccc4)c4ccccc4)cc3)CCCCC2)cc1. The fraction of sp³-hybridized carbons (Fsp3) is 0.226. The van der Waals surface area contributed by atoms with Gasteiger partial charge >= 0.3 is 0 Å². The summed E-state index contributed by atoms with van der Waals surface area (Å²) in [5.74, 6) is 0. The fourth-order valence-electron chi connectivity index (χ4n) is 5.30. The topological polar surface area (TPSA) is 3.24 Å². The Balaban J connectivity index is 1.56. The van der Waals surface area contributed by atoms with Gasteiger partial charge < -0.3 is 4.90 Å². The standard InChI is InChI=1S/C31H31N/c1-25-15-17-26(18-16-25)31(23-9-4-10-24-31)27-19-21-30(22-20-27)32(28-11-5-2-6-12-28)29-13-7-3-8-14-29/h2-3,5-8,11-22H,4,9-10,23-24H2,1H3. The summed E-state index contributed by atoms with van der Waals surface area (Å²) in [6, 6.07) is 39.9. The van der Waals surface area contributed by atoms with Crippen LogP contribution in [0.5, 0.6) is 0 Å². The molecule has 1 heteroatoms. The lowest BCUT2D eigenvalue weighted by Crippen LogP contribution is -2.30. The summed E-state index contributed by atoms with van der Waals surface area (Å²) in [6.45, 7) is 2.17. The quantitative estimate of drug-likeness (QED) is 0.314. The Bertz CT molecular complexity index is 1080. The minimum atomic E-state index is 0.134. The Morgan fingerprint density at radius 2 is 0.938 bits per heavy atom. The maximum absolute atomic E-state index is 2.37. The van der Waals surface area contributed by atoms with Crippen molar-refractivity contribution < 1.29 is 0 Å². The molecule has 0 bridgehead atoms. The molecule has 1 fully saturated rings. The van der Waals surface area contributed by atoms with Crippen molar-refractivity contribution in [2.24, 2.45) is 0 Å². The van der Waals surface area contributed by atoms with Gasteiger partial charge in [-0.25, -0.2) is 0 Å². The second kappa shape index (κ2) is 9.04. The van der Waals surface area contributed by atoms with Crippen molar-refractivity contribution in [3.63, 3.8) is 0 Å². The number of hydrogen-bond donors (Lipinski definition) is 0. The summed E-state index contributed by atoms with van der Waals surface area (Å²) < 4.78 is 0. The molecule has 1 nitrogen and oxygen atoms in total. The van der Waals surface area contributed by atoms with Crippen molar-refractivity contribution in [2.45, 2.75) is 44.4 Å². The first-order valence-electron chi connectivity index (χ1n) is 11.8. The number of nitrogens with zero attached hydrogens (tertiary/aromatic N) is 1. The molecule has 0 unspecified atom stereocenters. The van der Waals surface area contributed by atoms with Gasteiger partial charge in [0, 0.05) is 22.5 Å². The summed E-state index contributed by atoms with van der Waals surface area (Å²) in [6.07, 6.45) is 6.42. The molecule has 0 amide bonds. The highest BCUT2D eigenvalue weighted by molar-refractivity contribution is 5.76. The number of benzene rings is 4. The van der Waals surface area contributed by atoms with Crippen LogP contribution in [0.25, 0.3) is 0 Å². The van der Waals surface area contributed by atoms with Gasteiger partial charge in [-0.1, -0.05) is 97.6 Å². The van der Waals surface area contributed by atoms with E-state index in [2.05, 4.69) is 121 Å². The lowest BCUT2D eigenvalue weighted by Gasteiger charge is -2.39. The van der Waals surface area contributed by atoms with E-state index in [1.165, 1.54) is 65.9 Å². The van der Waals surface area contributed by atoms with Crippen molar-refractivity contribution in [3.8, 4) is 0 Å². The molecule has 4 aromatic rings. The highest BCUT2D eigenvalue weighted by atomic mass is 15.1. The van der Waals surface area contributed by atoms with Gasteiger partial charge in [-0.2, -0.15) is 0 Å². The summed E-state index contributed by atoms with van der Waals surface area (Å²) in [7, 11) is 0. The van der Waals surface area contributed by atoms with Crippen LogP contribution in [0.15, 0.2) is 109 Å². The van der Waals surface area contributed by atoms with Crippen molar-refractivity contribution in [1.82, 2.24) is 0 Å². The van der Waals surface area contributed by atoms with Gasteiger partial charge in [0.1, 0.15) is 0 Å². The molecule has 0 heterocycles. The third kappa shape index (κ3) is 3.96. The van der Waals surface area contributed by atoms with Crippen LogP contribution in [-0.2, 0) is 5.41 Å². The molecule has 1 aliphatic carbocycles. The zero-order valence-corrected chi connectivity index (χ0v) is 18.9. The maximum atomic E-state index is 2.37. The summed E-state index contributed by atoms with van der Waals surface area (Å²) >= 11 is 0. The van der Waals surface area contributed by atoms with E-state index in [1.54, 1.807) is 0 Å². The lowest BCUT2D eigenvalue weighted by atomic mass is 9.65. The molecule has 160 valence electrons. The van der Waals surface area contributed by atoms with Crippen molar-refractivity contribution in [2.75, 3.05) is 4.90 Å². The van der Waals surface area contributed by atoms with Crippen molar-refractivity contribution in [3.05, 3.63) is 126 Å². The van der Waals surface area contributed by atoms with Gasteiger partial charge in [-0.05, 0) is 67.3 Å². The molecule has 0 aromatic heterocycles. The number of hydrogen-bond acceptors (Lipinski definition) is 1. The molecular weight excluding hydrogens is 386 g/mol. The summed E-state index contributed by atoms with van der Waals surface area (Å²) in [5, 5.41) is 0. The second-order valence-corrected chi connectivity index (χ2v) is 9.06. The van der Waals surface area contributed by atoms with Crippen molar-refractivity contribution >= 4 is 17.1 Å². The zero-order chi connectivity index (χ0) is 21.8. The number of rotatable bonds is 5. The van der Waals surface area contributed by atoms with Crippen LogP contribution in [0.1, 0.15) is 48.8 Å². The normalized spacial score (nSPS) is 15.3. The fourth-order valence-corrected chi connectivity index (χ4v) is 5.30. The minimum absolute atomic E-state index is 0.134. The summed E-state index contributed by atoms with van der Waals surface area (Å²) in [5.41, 5.74) is 7.94. The molecule has 0 saturated heterocycles. The molecule has 32 heavy (non-hydrogen) atoms. The highest BCUT2D eigenvalue weighted by Crippen LogP contribution is 2.46. The van der Waals surface area contributed by atoms with E-state index in [0.717, 1.165) is 0 Å². The first-order chi connectivity index (χ1) is 15.8. The van der Waals surface area contributed by atoms with E-state index in [4.69, 9.17) is 0 Å². The van der Waals surface area contributed by atoms with Crippen LogP contribution >= 0.6 is 0 Å². The second-order valence-electron chi connectivity index (χ2n) is 9.06. The van der Waals surface area contributed by atoms with Gasteiger partial charge in [-0.3, -0.25) is 0 Å². The number of para-hydroxylation sites is 2. The number of anilines is 3. The molecule has 0 radical (unpaired) electrons. The van der Waals surface area contributed by atoms with E-state index >= 15 is 0 Å². The molecule has 5 rings (SSSR count). The van der Waals surface area contributed by atoms with Gasteiger partial charge in [0.2, 0.25) is 0 Å². The molecule has 0 spiro atoms. The van der Waals surface area contributed by atoms with Crippen LogP contribution in [0.3, 0.4) is 0 Å². The van der Waals surface area contributed by atoms with Gasteiger partial charge in [0.15, 0.2) is 0 Å². The van der Waals surface area contributed by atoms with Crippen LogP contribution < -0.4 is 4.90 Å². The molecular formula is C31H31N. The smallest absolute Gasteiger partial charge is 0.0461 e.